The molecular formula is C16H24FN3O. The first-order chi connectivity index (χ1) is 9.95. The van der Waals surface area contributed by atoms with E-state index in [1.165, 1.54) is 12.1 Å². The van der Waals surface area contributed by atoms with Gasteiger partial charge in [-0.2, -0.15) is 0 Å². The number of carbonyl (C=O) groups excluding carboxylic acids is 1. The number of halogens is 1. The van der Waals surface area contributed by atoms with Crippen molar-refractivity contribution in [3.05, 3.63) is 35.6 Å². The smallest absolute Gasteiger partial charge is 0.234 e. The van der Waals surface area contributed by atoms with Crippen molar-refractivity contribution in [2.24, 2.45) is 0 Å². The minimum absolute atomic E-state index is 0.00720. The van der Waals surface area contributed by atoms with E-state index in [-0.39, 0.29) is 17.8 Å². The summed E-state index contributed by atoms with van der Waals surface area (Å²) in [5.74, 6) is -0.256. The number of benzene rings is 1. The molecule has 1 fully saturated rings. The molecule has 4 nitrogen and oxygen atoms in total. The fraction of sp³-hybridized carbons (Fsp3) is 0.562. The van der Waals surface area contributed by atoms with Crippen LogP contribution in [0.15, 0.2) is 24.3 Å². The van der Waals surface area contributed by atoms with Gasteiger partial charge in [0.15, 0.2) is 0 Å². The Balaban J connectivity index is 1.87. The molecule has 0 aliphatic carbocycles. The van der Waals surface area contributed by atoms with Gasteiger partial charge in [-0.05, 0) is 38.5 Å². The van der Waals surface area contributed by atoms with Gasteiger partial charge in [0.25, 0.3) is 0 Å². The van der Waals surface area contributed by atoms with Gasteiger partial charge in [0, 0.05) is 25.2 Å². The Labute approximate surface area is 125 Å². The van der Waals surface area contributed by atoms with Crippen LogP contribution in [0.1, 0.15) is 32.4 Å². The van der Waals surface area contributed by atoms with E-state index in [0.29, 0.717) is 18.6 Å². The molecule has 3 unspecified atom stereocenters. The van der Waals surface area contributed by atoms with Crippen molar-refractivity contribution < 1.29 is 9.18 Å². The van der Waals surface area contributed by atoms with Crippen molar-refractivity contribution in [2.75, 3.05) is 19.6 Å². The van der Waals surface area contributed by atoms with E-state index in [9.17, 15) is 9.18 Å². The van der Waals surface area contributed by atoms with Crippen molar-refractivity contribution in [2.45, 2.75) is 38.9 Å². The van der Waals surface area contributed by atoms with Crippen molar-refractivity contribution in [1.82, 2.24) is 15.5 Å². The molecule has 1 saturated heterocycles. The number of rotatable bonds is 4. The number of nitrogens with one attached hydrogen (secondary N) is 2. The van der Waals surface area contributed by atoms with Crippen molar-refractivity contribution in [1.29, 1.82) is 0 Å². The highest BCUT2D eigenvalue weighted by molar-refractivity contribution is 5.78. The van der Waals surface area contributed by atoms with Gasteiger partial charge in [-0.1, -0.05) is 12.1 Å². The van der Waals surface area contributed by atoms with Crippen molar-refractivity contribution >= 4 is 5.91 Å². The molecule has 2 rings (SSSR count). The zero-order chi connectivity index (χ0) is 15.4. The summed E-state index contributed by atoms with van der Waals surface area (Å²) in [4.78, 5) is 14.4. The van der Waals surface area contributed by atoms with E-state index in [1.807, 2.05) is 6.92 Å². The second-order valence-electron chi connectivity index (χ2n) is 5.93. The average molecular weight is 293 g/mol. The van der Waals surface area contributed by atoms with E-state index in [4.69, 9.17) is 0 Å². The van der Waals surface area contributed by atoms with Crippen molar-refractivity contribution in [3.8, 4) is 0 Å². The summed E-state index contributed by atoms with van der Waals surface area (Å²) in [6.45, 7) is 8.34. The van der Waals surface area contributed by atoms with E-state index in [2.05, 4.69) is 29.4 Å². The second kappa shape index (κ2) is 7.00. The van der Waals surface area contributed by atoms with Crippen LogP contribution in [-0.4, -0.2) is 42.5 Å². The maximum Gasteiger partial charge on any atom is 0.234 e. The molecule has 1 aliphatic rings. The van der Waals surface area contributed by atoms with Crippen LogP contribution >= 0.6 is 0 Å². The Morgan fingerprint density at radius 1 is 1.43 bits per heavy atom. The summed E-state index contributed by atoms with van der Waals surface area (Å²) in [7, 11) is 0. The molecule has 0 aromatic heterocycles. The number of hydrogen-bond acceptors (Lipinski definition) is 3. The van der Waals surface area contributed by atoms with Crippen molar-refractivity contribution in [3.63, 3.8) is 0 Å². The Bertz CT molecular complexity index is 477. The van der Waals surface area contributed by atoms with Crippen LogP contribution < -0.4 is 10.6 Å². The fourth-order valence-corrected chi connectivity index (χ4v) is 2.62. The minimum Gasteiger partial charge on any atom is -0.348 e. The Hall–Kier alpha value is -1.46. The van der Waals surface area contributed by atoms with Crippen LogP contribution in [0.25, 0.3) is 0 Å². The van der Waals surface area contributed by atoms with Crippen LogP contribution in [0.3, 0.4) is 0 Å². The summed E-state index contributed by atoms with van der Waals surface area (Å²) in [5.41, 5.74) is 0.909. The molecule has 3 atom stereocenters. The predicted molar refractivity (Wildman–Crippen MR) is 81.5 cm³/mol. The Kier molecular flexibility index (Phi) is 5.31. The van der Waals surface area contributed by atoms with Gasteiger partial charge in [0.05, 0.1) is 12.6 Å². The van der Waals surface area contributed by atoms with E-state index in [1.54, 1.807) is 12.1 Å². The fourth-order valence-electron chi connectivity index (χ4n) is 2.62. The van der Waals surface area contributed by atoms with Crippen LogP contribution in [0.4, 0.5) is 4.39 Å². The normalized spacial score (nSPS) is 24.6. The largest absolute Gasteiger partial charge is 0.348 e. The van der Waals surface area contributed by atoms with Gasteiger partial charge in [0.2, 0.25) is 5.91 Å². The van der Waals surface area contributed by atoms with Crippen LogP contribution in [0, 0.1) is 5.82 Å². The molecule has 21 heavy (non-hydrogen) atoms. The summed E-state index contributed by atoms with van der Waals surface area (Å²) in [6.07, 6.45) is 0. The number of hydrogen-bond donors (Lipinski definition) is 2. The molecule has 0 saturated carbocycles. The highest BCUT2D eigenvalue weighted by Gasteiger charge is 2.24. The summed E-state index contributed by atoms with van der Waals surface area (Å²) >= 11 is 0. The van der Waals surface area contributed by atoms with Gasteiger partial charge in [0.1, 0.15) is 5.82 Å². The standard InChI is InChI=1S/C16H24FN3O/c1-11-9-20(12(2)8-18-11)10-16(21)19-13(3)14-4-6-15(17)7-5-14/h4-7,11-13,18H,8-10H2,1-3H3,(H,19,21). The van der Waals surface area contributed by atoms with Crippen LogP contribution in [-0.2, 0) is 4.79 Å². The van der Waals surface area contributed by atoms with Crippen LogP contribution in [0.2, 0.25) is 0 Å². The Morgan fingerprint density at radius 2 is 2.10 bits per heavy atom. The molecule has 0 radical (unpaired) electrons. The lowest BCUT2D eigenvalue weighted by Gasteiger charge is -2.37. The topological polar surface area (TPSA) is 44.4 Å². The first-order valence-corrected chi connectivity index (χ1v) is 7.48. The third kappa shape index (κ3) is 4.51. The highest BCUT2D eigenvalue weighted by atomic mass is 19.1. The van der Waals surface area contributed by atoms with Crippen LogP contribution in [0.5, 0.6) is 0 Å². The van der Waals surface area contributed by atoms with E-state index in [0.717, 1.165) is 18.7 Å². The minimum atomic E-state index is -0.263. The molecule has 0 bridgehead atoms. The third-order valence-electron chi connectivity index (χ3n) is 3.99. The predicted octanol–water partition coefficient (Wildman–Crippen LogP) is 1.69. The zero-order valence-electron chi connectivity index (χ0n) is 12.9. The van der Waals surface area contributed by atoms with Gasteiger partial charge >= 0.3 is 0 Å². The summed E-state index contributed by atoms with van der Waals surface area (Å²) in [5, 5.41) is 6.37. The molecule has 1 heterocycles. The first kappa shape index (κ1) is 15.9. The lowest BCUT2D eigenvalue weighted by Crippen LogP contribution is -2.56. The lowest BCUT2D eigenvalue weighted by molar-refractivity contribution is -0.123. The van der Waals surface area contributed by atoms with E-state index < -0.39 is 0 Å². The molecule has 1 amide bonds. The number of piperazine rings is 1. The molecule has 116 valence electrons. The highest BCUT2D eigenvalue weighted by Crippen LogP contribution is 2.13. The Morgan fingerprint density at radius 3 is 2.76 bits per heavy atom. The molecule has 5 heteroatoms. The van der Waals surface area contributed by atoms with Gasteiger partial charge in [-0.15, -0.1) is 0 Å². The molecule has 1 aromatic carbocycles. The summed E-state index contributed by atoms with van der Waals surface area (Å²) in [6, 6.07) is 6.88. The SMILES string of the molecule is CC1CN(CC(=O)NC(C)c2ccc(F)cc2)C(C)CN1. The third-order valence-corrected chi connectivity index (χ3v) is 3.99. The van der Waals surface area contributed by atoms with E-state index >= 15 is 0 Å². The lowest BCUT2D eigenvalue weighted by atomic mass is 10.1. The van der Waals surface area contributed by atoms with Gasteiger partial charge in [-0.3, -0.25) is 9.69 Å². The maximum atomic E-state index is 12.9. The van der Waals surface area contributed by atoms with Gasteiger partial charge in [-0.25, -0.2) is 4.39 Å². The molecule has 1 aliphatic heterocycles. The quantitative estimate of drug-likeness (QED) is 0.888. The molecule has 1 aromatic rings. The number of carbonyl (C=O) groups is 1. The molecule has 0 spiro atoms. The zero-order valence-corrected chi connectivity index (χ0v) is 12.9. The van der Waals surface area contributed by atoms with Gasteiger partial charge < -0.3 is 10.6 Å². The molecule has 2 N–H and O–H groups in total. The monoisotopic (exact) mass is 293 g/mol. The number of amides is 1. The number of nitrogens with zero attached hydrogens (tertiary/aromatic N) is 1. The average Bonchev–Trinajstić information content (AvgIpc) is 2.43. The molecular weight excluding hydrogens is 269 g/mol. The maximum absolute atomic E-state index is 12.9. The summed E-state index contributed by atoms with van der Waals surface area (Å²) < 4.78 is 12.9. The first-order valence-electron chi connectivity index (χ1n) is 7.48. The second-order valence-corrected chi connectivity index (χ2v) is 5.93.